The molecule has 2 heterocycles. The summed E-state index contributed by atoms with van der Waals surface area (Å²) < 4.78 is 0. The zero-order chi connectivity index (χ0) is 33.8. The van der Waals surface area contributed by atoms with Gasteiger partial charge in [0.1, 0.15) is 24.4 Å². The van der Waals surface area contributed by atoms with Gasteiger partial charge in [0.15, 0.2) is 0 Å². The Hall–Kier alpha value is -4.66. The van der Waals surface area contributed by atoms with Crippen molar-refractivity contribution in [2.24, 2.45) is 0 Å². The van der Waals surface area contributed by atoms with E-state index in [0.29, 0.717) is 19.0 Å². The summed E-state index contributed by atoms with van der Waals surface area (Å²) in [5.41, 5.74) is 0.721. The third-order valence-corrected chi connectivity index (χ3v) is 7.75. The van der Waals surface area contributed by atoms with Crippen LogP contribution in [0.25, 0.3) is 0 Å². The number of carbonyl (C=O) groups excluding carboxylic acids is 8. The molecule has 6 amide bonds. The van der Waals surface area contributed by atoms with Crippen LogP contribution in [0, 0.1) is 6.42 Å². The van der Waals surface area contributed by atoms with Crippen molar-refractivity contribution in [1.82, 2.24) is 36.8 Å². The highest BCUT2D eigenvalue weighted by Crippen LogP contribution is 2.19. The molecule has 2 aliphatic rings. The van der Waals surface area contributed by atoms with E-state index in [4.69, 9.17) is 0 Å². The van der Waals surface area contributed by atoms with E-state index in [-0.39, 0.29) is 31.3 Å². The molecule has 2 aliphatic heterocycles. The Morgan fingerprint density at radius 1 is 0.935 bits per heavy atom. The molecule has 0 unspecified atom stereocenters. The lowest BCUT2D eigenvalue weighted by Gasteiger charge is -2.31. The number of aldehydes is 2. The minimum atomic E-state index is -1.49. The van der Waals surface area contributed by atoms with Crippen LogP contribution in [0.5, 0.6) is 0 Å². The summed E-state index contributed by atoms with van der Waals surface area (Å²) in [5, 5.41) is 15.6. The zero-order valence-corrected chi connectivity index (χ0v) is 26.2. The van der Waals surface area contributed by atoms with Gasteiger partial charge in [-0.25, -0.2) is 0 Å². The van der Waals surface area contributed by atoms with Crippen molar-refractivity contribution in [3.63, 3.8) is 0 Å². The van der Waals surface area contributed by atoms with Crippen LogP contribution in [0.2, 0.25) is 0 Å². The predicted octanol–water partition coefficient (Wildman–Crippen LogP) is -2.36. The number of likely N-dealkylation sites (tertiary alicyclic amines) is 1. The number of amides is 6. The van der Waals surface area contributed by atoms with Gasteiger partial charge in [-0.2, -0.15) is 0 Å². The number of hydrogen-bond acceptors (Lipinski definition) is 8. The van der Waals surface area contributed by atoms with Crippen molar-refractivity contribution >= 4 is 48.0 Å². The van der Waals surface area contributed by atoms with Gasteiger partial charge in [-0.15, -0.1) is 13.0 Å². The van der Waals surface area contributed by atoms with Crippen molar-refractivity contribution in [2.75, 3.05) is 13.1 Å². The number of benzene rings is 1. The normalized spacial score (nSPS) is 20.6. The largest absolute Gasteiger partial charge is 0.361 e. The third-order valence-electron chi connectivity index (χ3n) is 7.75. The van der Waals surface area contributed by atoms with Crippen molar-refractivity contribution < 1.29 is 38.4 Å². The summed E-state index contributed by atoms with van der Waals surface area (Å²) in [5.74, 6) is -3.64. The highest BCUT2D eigenvalue weighted by atomic mass is 16.2. The first-order valence-corrected chi connectivity index (χ1v) is 15.3. The molecule has 1 aromatic carbocycles. The summed E-state index contributed by atoms with van der Waals surface area (Å²) in [7, 11) is 0. The summed E-state index contributed by atoms with van der Waals surface area (Å²) in [6.07, 6.45) is 4.55. The number of rotatable bonds is 15. The first-order chi connectivity index (χ1) is 21.9. The SMILES string of the molecule is C[C@H](NC(=O)[C@@H]1CCCN1)C(=O)N1C[CH-]C[C@H]1C(=O)N[C@@H](Cc1ccccc1)C(=O)N[C@H](C)C(=O)N[C@@H](C=[OH+])C(=O)N[C@@H](C)C=O. The maximum absolute atomic E-state index is 13.5. The molecule has 250 valence electrons. The molecule has 15 nitrogen and oxygen atoms in total. The number of carbonyl (C=O) groups is 7. The van der Waals surface area contributed by atoms with Gasteiger partial charge in [-0.05, 0) is 45.7 Å². The Bertz CT molecular complexity index is 1290. The van der Waals surface area contributed by atoms with E-state index in [1.165, 1.54) is 18.7 Å². The Balaban J connectivity index is 1.67. The summed E-state index contributed by atoms with van der Waals surface area (Å²) in [6, 6.07) is 2.03. The van der Waals surface area contributed by atoms with Crippen LogP contribution in [0.1, 0.15) is 45.6 Å². The minimum Gasteiger partial charge on any atom is -0.361 e. The average Bonchev–Trinajstić information content (AvgIpc) is 3.76. The van der Waals surface area contributed by atoms with Crippen LogP contribution in [-0.4, -0.2) is 113 Å². The quantitative estimate of drug-likeness (QED) is 0.0526. The first kappa shape index (κ1) is 35.8. The summed E-state index contributed by atoms with van der Waals surface area (Å²) >= 11 is 0. The van der Waals surface area contributed by atoms with Gasteiger partial charge in [0.2, 0.25) is 35.6 Å². The molecule has 0 spiro atoms. The second kappa shape index (κ2) is 17.1. The summed E-state index contributed by atoms with van der Waals surface area (Å²) in [4.78, 5) is 99.5. The maximum Gasteiger partial charge on any atom is 0.313 e. The number of nitrogens with zero attached hydrogens (tertiary/aromatic N) is 1. The van der Waals surface area contributed by atoms with Gasteiger partial charge in [-0.1, -0.05) is 30.3 Å². The van der Waals surface area contributed by atoms with Crippen LogP contribution in [0.3, 0.4) is 0 Å². The van der Waals surface area contributed by atoms with Crippen LogP contribution < -0.4 is 31.9 Å². The lowest BCUT2D eigenvalue weighted by Crippen LogP contribution is -2.59. The van der Waals surface area contributed by atoms with E-state index >= 15 is 0 Å². The molecular formula is C31H43N7O8. The average molecular weight is 642 g/mol. The molecule has 2 fully saturated rings. The molecule has 0 aromatic heterocycles. The second-order valence-electron chi connectivity index (χ2n) is 11.5. The van der Waals surface area contributed by atoms with Crippen molar-refractivity contribution in [3.05, 3.63) is 42.3 Å². The lowest BCUT2D eigenvalue weighted by atomic mass is 10.0. The number of nitrogens with one attached hydrogen (secondary N) is 6. The minimum absolute atomic E-state index is 0.0665. The van der Waals surface area contributed by atoms with Gasteiger partial charge in [0.05, 0.1) is 18.1 Å². The van der Waals surface area contributed by atoms with Gasteiger partial charge >= 0.3 is 6.29 Å². The topological polar surface area (TPSA) is 216 Å². The first-order valence-electron chi connectivity index (χ1n) is 15.3. The highest BCUT2D eigenvalue weighted by molar-refractivity contribution is 6.02. The molecule has 15 heteroatoms. The smallest absolute Gasteiger partial charge is 0.313 e. The Morgan fingerprint density at radius 2 is 1.65 bits per heavy atom. The molecule has 0 radical (unpaired) electrons. The Labute approximate surface area is 267 Å². The fourth-order valence-corrected chi connectivity index (χ4v) is 5.15. The van der Waals surface area contributed by atoms with E-state index in [1.54, 1.807) is 43.7 Å². The standard InChI is InChI=1S/C31H42N7O8/c1-18(16-39)33-29(44)24(17-40)37-26(41)19(2)34-28(43)23(15-21-9-5-4-6-10-21)36-30(45)25-12-8-14-38(25)31(46)20(3)35-27(42)22-11-7-13-32-22/h4-6,8-10,16-20,22-25,32H,7,11-15H2,1-3H3,(H,33,44)(H,34,43)(H,35,42)(H,36,45)(H,37,41)/q-1/p+1/t18-,19+,20-,22-,23-,24-,25-/m0/s1. The zero-order valence-electron chi connectivity index (χ0n) is 26.2. The highest BCUT2D eigenvalue weighted by Gasteiger charge is 2.36. The second-order valence-corrected chi connectivity index (χ2v) is 11.5. The van der Waals surface area contributed by atoms with Gasteiger partial charge < -0.3 is 48.0 Å². The van der Waals surface area contributed by atoms with Gasteiger partial charge in [-0.3, -0.25) is 33.6 Å². The number of hydrogen-bond donors (Lipinski definition) is 6. The van der Waals surface area contributed by atoms with Gasteiger partial charge in [0.25, 0.3) is 5.91 Å². The van der Waals surface area contributed by atoms with E-state index in [0.717, 1.165) is 18.5 Å². The molecule has 0 saturated carbocycles. The molecule has 3 rings (SSSR count). The molecule has 0 aliphatic carbocycles. The van der Waals surface area contributed by atoms with E-state index in [9.17, 15) is 38.4 Å². The molecule has 1 aromatic rings. The van der Waals surface area contributed by atoms with E-state index in [1.807, 2.05) is 0 Å². The van der Waals surface area contributed by atoms with Crippen LogP contribution in [0.15, 0.2) is 30.3 Å². The molecular weight excluding hydrogens is 598 g/mol. The lowest BCUT2D eigenvalue weighted by molar-refractivity contribution is -0.142. The maximum atomic E-state index is 13.5. The monoisotopic (exact) mass is 641 g/mol. The van der Waals surface area contributed by atoms with Crippen LogP contribution >= 0.6 is 0 Å². The van der Waals surface area contributed by atoms with E-state index in [2.05, 4.69) is 31.9 Å². The third kappa shape index (κ3) is 9.92. The Morgan fingerprint density at radius 3 is 2.28 bits per heavy atom. The van der Waals surface area contributed by atoms with Gasteiger partial charge in [0, 0.05) is 6.42 Å². The molecule has 0 bridgehead atoms. The molecule has 2 saturated heterocycles. The van der Waals surface area contributed by atoms with E-state index < -0.39 is 65.8 Å². The van der Waals surface area contributed by atoms with Crippen LogP contribution in [-0.2, 0) is 40.0 Å². The molecule has 46 heavy (non-hydrogen) atoms. The molecule has 7 atom stereocenters. The fourth-order valence-electron chi connectivity index (χ4n) is 5.15. The van der Waals surface area contributed by atoms with Crippen molar-refractivity contribution in [2.45, 2.75) is 88.7 Å². The molecule has 7 N–H and O–H groups in total. The van der Waals surface area contributed by atoms with Crippen molar-refractivity contribution in [3.8, 4) is 0 Å². The Kier molecular flexibility index (Phi) is 13.4. The predicted molar refractivity (Wildman–Crippen MR) is 166 cm³/mol. The fraction of sp³-hybridized carbons (Fsp3) is 0.516. The summed E-state index contributed by atoms with van der Waals surface area (Å²) in [6.45, 7) is 5.25. The van der Waals surface area contributed by atoms with Crippen LogP contribution in [0.4, 0.5) is 0 Å². The van der Waals surface area contributed by atoms with Crippen molar-refractivity contribution in [1.29, 1.82) is 0 Å².